The quantitative estimate of drug-likeness (QED) is 0.569. The normalized spacial score (nSPS) is 16.0. The summed E-state index contributed by atoms with van der Waals surface area (Å²) in [5.41, 5.74) is 5.19. The van der Waals surface area contributed by atoms with Crippen molar-refractivity contribution in [1.29, 1.82) is 0 Å². The van der Waals surface area contributed by atoms with Gasteiger partial charge in [-0.2, -0.15) is 0 Å². The lowest BCUT2D eigenvalue weighted by Gasteiger charge is -2.38. The van der Waals surface area contributed by atoms with Gasteiger partial charge in [-0.25, -0.2) is 0 Å². The van der Waals surface area contributed by atoms with E-state index in [1.165, 1.54) is 0 Å². The number of phenolic OH excluding ortho intramolecular Hbond substituents is 1. The van der Waals surface area contributed by atoms with E-state index >= 15 is 0 Å². The summed E-state index contributed by atoms with van der Waals surface area (Å²) in [4.78, 5) is 15.2. The molecule has 1 atom stereocenters. The van der Waals surface area contributed by atoms with E-state index in [2.05, 4.69) is 27.3 Å². The Morgan fingerprint density at radius 2 is 1.70 bits per heavy atom. The molecule has 1 unspecified atom stereocenters. The van der Waals surface area contributed by atoms with Gasteiger partial charge in [0.15, 0.2) is 0 Å². The Hall–Kier alpha value is -2.79. The number of phenols is 1. The lowest BCUT2D eigenvalue weighted by atomic mass is 10.0. The third-order valence-corrected chi connectivity index (χ3v) is 5.58. The highest BCUT2D eigenvalue weighted by molar-refractivity contribution is 9.10. The molecule has 1 amide bonds. The summed E-state index contributed by atoms with van der Waals surface area (Å²) in [6, 6.07) is 18.9. The second-order valence-electron chi connectivity index (χ2n) is 6.79. The highest BCUT2D eigenvalue weighted by Gasteiger charge is 2.35. The van der Waals surface area contributed by atoms with Crippen LogP contribution in [-0.2, 0) is 0 Å². The molecule has 0 saturated carbocycles. The van der Waals surface area contributed by atoms with E-state index in [0.717, 1.165) is 28.1 Å². The minimum atomic E-state index is -0.449. The molecule has 0 aromatic heterocycles. The van der Waals surface area contributed by atoms with Gasteiger partial charge < -0.3 is 10.4 Å². The number of carbonyl (C=O) groups excluding carboxylic acids is 1. The molecule has 1 aliphatic rings. The first-order chi connectivity index (χ1) is 13.0. The number of benzene rings is 3. The van der Waals surface area contributed by atoms with Crippen LogP contribution < -0.4 is 10.2 Å². The first-order valence-corrected chi connectivity index (χ1v) is 9.50. The summed E-state index contributed by atoms with van der Waals surface area (Å²) in [7, 11) is 0. The number of para-hydroxylation sites is 1. The molecule has 4 nitrogen and oxygen atoms in total. The van der Waals surface area contributed by atoms with Crippen molar-refractivity contribution in [2.24, 2.45) is 0 Å². The smallest absolute Gasteiger partial charge is 0.262 e. The van der Waals surface area contributed by atoms with Gasteiger partial charge in [-0.3, -0.25) is 9.69 Å². The van der Waals surface area contributed by atoms with Gasteiger partial charge in [0, 0.05) is 16.9 Å². The van der Waals surface area contributed by atoms with Crippen LogP contribution in [0.15, 0.2) is 65.1 Å². The summed E-state index contributed by atoms with van der Waals surface area (Å²) in [6.07, 6.45) is -0.449. The van der Waals surface area contributed by atoms with Crippen molar-refractivity contribution in [1.82, 2.24) is 0 Å². The average Bonchev–Trinajstić information content (AvgIpc) is 2.63. The van der Waals surface area contributed by atoms with Gasteiger partial charge in [-0.05, 0) is 71.2 Å². The molecule has 5 heteroatoms. The second kappa shape index (κ2) is 6.74. The SMILES string of the molecule is Cc1cc(C)cc(N2C(=O)c3ccccc3NC2c2cccc(O)c2Br)c1. The standard InChI is InChI=1S/C22H19BrN2O2/c1-13-10-14(2)12-15(11-13)25-21(17-7-5-9-19(26)20(17)23)24-18-8-4-3-6-16(18)22(25)27/h3-12,21,24,26H,1-2H3. The van der Waals surface area contributed by atoms with Crippen molar-refractivity contribution in [2.45, 2.75) is 20.0 Å². The van der Waals surface area contributed by atoms with Crippen LogP contribution in [0.25, 0.3) is 0 Å². The van der Waals surface area contributed by atoms with Crippen LogP contribution in [0.5, 0.6) is 5.75 Å². The summed E-state index contributed by atoms with van der Waals surface area (Å²) < 4.78 is 0.573. The van der Waals surface area contributed by atoms with E-state index in [9.17, 15) is 9.90 Å². The fraction of sp³-hybridized carbons (Fsp3) is 0.136. The zero-order chi connectivity index (χ0) is 19.1. The zero-order valence-corrected chi connectivity index (χ0v) is 16.6. The summed E-state index contributed by atoms with van der Waals surface area (Å²) in [6.45, 7) is 4.04. The number of carbonyl (C=O) groups is 1. The molecule has 3 aromatic rings. The van der Waals surface area contributed by atoms with Gasteiger partial charge in [-0.15, -0.1) is 0 Å². The van der Waals surface area contributed by atoms with Crippen LogP contribution in [0.4, 0.5) is 11.4 Å². The van der Waals surface area contributed by atoms with Crippen LogP contribution in [0.2, 0.25) is 0 Å². The predicted molar refractivity (Wildman–Crippen MR) is 111 cm³/mol. The topological polar surface area (TPSA) is 52.6 Å². The number of rotatable bonds is 2. The van der Waals surface area contributed by atoms with E-state index in [-0.39, 0.29) is 11.7 Å². The molecule has 0 radical (unpaired) electrons. The monoisotopic (exact) mass is 422 g/mol. The van der Waals surface area contributed by atoms with Crippen molar-refractivity contribution in [3.8, 4) is 5.75 Å². The maximum absolute atomic E-state index is 13.4. The van der Waals surface area contributed by atoms with Crippen LogP contribution in [-0.4, -0.2) is 11.0 Å². The maximum Gasteiger partial charge on any atom is 0.262 e. The van der Waals surface area contributed by atoms with Gasteiger partial charge in [0.25, 0.3) is 5.91 Å². The molecule has 0 spiro atoms. The highest BCUT2D eigenvalue weighted by Crippen LogP contribution is 2.41. The fourth-order valence-electron chi connectivity index (χ4n) is 3.58. The van der Waals surface area contributed by atoms with Crippen LogP contribution in [0.1, 0.15) is 33.2 Å². The Morgan fingerprint density at radius 3 is 2.44 bits per heavy atom. The Labute approximate surface area is 166 Å². The molecular weight excluding hydrogens is 404 g/mol. The van der Waals surface area contributed by atoms with E-state index in [4.69, 9.17) is 0 Å². The number of nitrogens with one attached hydrogen (secondary N) is 1. The third kappa shape index (κ3) is 3.08. The average molecular weight is 423 g/mol. The largest absolute Gasteiger partial charge is 0.507 e. The molecule has 0 aliphatic carbocycles. The number of hydrogen-bond donors (Lipinski definition) is 2. The summed E-state index contributed by atoms with van der Waals surface area (Å²) in [5, 5.41) is 13.6. The lowest BCUT2D eigenvalue weighted by molar-refractivity contribution is 0.0974. The number of nitrogens with zero attached hydrogens (tertiary/aromatic N) is 1. The Kier molecular flexibility index (Phi) is 4.40. The predicted octanol–water partition coefficient (Wildman–Crippen LogP) is 5.54. The molecule has 136 valence electrons. The molecule has 4 rings (SSSR count). The van der Waals surface area contributed by atoms with Crippen LogP contribution in [0, 0.1) is 13.8 Å². The lowest BCUT2D eigenvalue weighted by Crippen LogP contribution is -2.43. The number of halogens is 1. The van der Waals surface area contributed by atoms with Crippen molar-refractivity contribution in [3.05, 3.63) is 87.4 Å². The van der Waals surface area contributed by atoms with Crippen molar-refractivity contribution in [2.75, 3.05) is 10.2 Å². The molecule has 1 heterocycles. The van der Waals surface area contributed by atoms with Gasteiger partial charge in [0.2, 0.25) is 0 Å². The number of aromatic hydroxyl groups is 1. The summed E-state index contributed by atoms with van der Waals surface area (Å²) in [5.74, 6) is 0.0653. The Bertz CT molecular complexity index is 1030. The van der Waals surface area contributed by atoms with Gasteiger partial charge in [-0.1, -0.05) is 30.3 Å². The molecule has 1 aliphatic heterocycles. The minimum Gasteiger partial charge on any atom is -0.507 e. The number of aryl methyl sites for hydroxylation is 2. The molecule has 0 fully saturated rings. The number of fused-ring (bicyclic) bond motifs is 1. The second-order valence-corrected chi connectivity index (χ2v) is 7.59. The van der Waals surface area contributed by atoms with Gasteiger partial charge >= 0.3 is 0 Å². The van der Waals surface area contributed by atoms with Crippen LogP contribution in [0.3, 0.4) is 0 Å². The summed E-state index contributed by atoms with van der Waals surface area (Å²) >= 11 is 3.48. The number of hydrogen-bond acceptors (Lipinski definition) is 3. The zero-order valence-electron chi connectivity index (χ0n) is 15.0. The minimum absolute atomic E-state index is 0.0745. The van der Waals surface area contributed by atoms with E-state index in [0.29, 0.717) is 10.0 Å². The van der Waals surface area contributed by atoms with E-state index in [1.54, 1.807) is 17.0 Å². The number of anilines is 2. The molecule has 3 aromatic carbocycles. The first-order valence-electron chi connectivity index (χ1n) is 8.70. The Morgan fingerprint density at radius 1 is 1.00 bits per heavy atom. The number of amides is 1. The maximum atomic E-state index is 13.4. The first kappa shape index (κ1) is 17.6. The van der Waals surface area contributed by atoms with Crippen molar-refractivity contribution in [3.63, 3.8) is 0 Å². The van der Waals surface area contributed by atoms with E-state index < -0.39 is 6.17 Å². The van der Waals surface area contributed by atoms with E-state index in [1.807, 2.05) is 56.3 Å². The van der Waals surface area contributed by atoms with Crippen molar-refractivity contribution >= 4 is 33.2 Å². The van der Waals surface area contributed by atoms with Gasteiger partial charge in [0.1, 0.15) is 11.9 Å². The molecular formula is C22H19BrN2O2. The highest BCUT2D eigenvalue weighted by atomic mass is 79.9. The fourth-order valence-corrected chi connectivity index (χ4v) is 4.06. The van der Waals surface area contributed by atoms with Crippen LogP contribution >= 0.6 is 15.9 Å². The molecule has 0 saturated heterocycles. The molecule has 2 N–H and O–H groups in total. The third-order valence-electron chi connectivity index (χ3n) is 4.71. The van der Waals surface area contributed by atoms with Gasteiger partial charge in [0.05, 0.1) is 10.0 Å². The molecule has 27 heavy (non-hydrogen) atoms. The Balaban J connectivity index is 1.93. The molecule has 0 bridgehead atoms. The van der Waals surface area contributed by atoms with Crippen molar-refractivity contribution < 1.29 is 9.90 Å².